The van der Waals surface area contributed by atoms with Gasteiger partial charge in [-0.25, -0.2) is 9.37 Å². The maximum atomic E-state index is 13.0. The zero-order chi connectivity index (χ0) is 17.3. The molecule has 0 aliphatic rings. The first kappa shape index (κ1) is 16.6. The zero-order valence-corrected chi connectivity index (χ0v) is 14.6. The van der Waals surface area contributed by atoms with Crippen molar-refractivity contribution in [3.05, 3.63) is 69.4 Å². The Bertz CT molecular complexity index is 906. The molecule has 1 N–H and O–H groups in total. The predicted octanol–water partition coefficient (Wildman–Crippen LogP) is 5.47. The molecule has 0 unspecified atom stereocenters. The smallest absolute Gasteiger partial charge is 0.267 e. The lowest BCUT2D eigenvalue weighted by atomic mass is 10.2. The Labute approximate surface area is 148 Å². The third kappa shape index (κ3) is 3.47. The van der Waals surface area contributed by atoms with Crippen molar-refractivity contribution in [2.75, 3.05) is 5.32 Å². The number of nitrogens with zero attached hydrogens (tertiary/aromatic N) is 1. The van der Waals surface area contributed by atoms with E-state index in [9.17, 15) is 9.18 Å². The van der Waals surface area contributed by atoms with Crippen LogP contribution in [0.3, 0.4) is 0 Å². The van der Waals surface area contributed by atoms with Crippen molar-refractivity contribution in [1.82, 2.24) is 4.98 Å². The molecule has 1 aromatic heterocycles. The summed E-state index contributed by atoms with van der Waals surface area (Å²) in [5.41, 5.74) is 2.98. The van der Waals surface area contributed by atoms with Gasteiger partial charge in [-0.3, -0.25) is 4.79 Å². The Morgan fingerprint density at radius 3 is 2.54 bits per heavy atom. The summed E-state index contributed by atoms with van der Waals surface area (Å²) in [7, 11) is 0. The number of amides is 1. The summed E-state index contributed by atoms with van der Waals surface area (Å²) < 4.78 is 13.0. The minimum absolute atomic E-state index is 0.260. The zero-order valence-electron chi connectivity index (χ0n) is 13.1. The molecule has 2 aromatic carbocycles. The molecule has 0 fully saturated rings. The van der Waals surface area contributed by atoms with Gasteiger partial charge in [-0.15, -0.1) is 11.3 Å². The van der Waals surface area contributed by atoms with Crippen LogP contribution in [0.1, 0.15) is 20.9 Å². The fourth-order valence-corrected chi connectivity index (χ4v) is 3.47. The molecule has 122 valence electrons. The van der Waals surface area contributed by atoms with Crippen molar-refractivity contribution in [2.24, 2.45) is 0 Å². The van der Waals surface area contributed by atoms with Crippen molar-refractivity contribution in [3.63, 3.8) is 0 Å². The number of hydrogen-bond donors (Lipinski definition) is 1. The van der Waals surface area contributed by atoms with Crippen molar-refractivity contribution < 1.29 is 9.18 Å². The third-order valence-corrected chi connectivity index (χ3v) is 4.98. The molecule has 0 aliphatic heterocycles. The van der Waals surface area contributed by atoms with E-state index in [1.165, 1.54) is 23.5 Å². The number of hydrogen-bond acceptors (Lipinski definition) is 3. The van der Waals surface area contributed by atoms with E-state index in [0.29, 0.717) is 26.3 Å². The van der Waals surface area contributed by atoms with Crippen LogP contribution < -0.4 is 5.32 Å². The summed E-state index contributed by atoms with van der Waals surface area (Å²) >= 11 is 7.42. The number of nitrogens with one attached hydrogen (secondary N) is 1. The van der Waals surface area contributed by atoms with Crippen LogP contribution in [0.25, 0.3) is 10.6 Å². The Morgan fingerprint density at radius 1 is 1.17 bits per heavy atom. The van der Waals surface area contributed by atoms with Gasteiger partial charge < -0.3 is 5.32 Å². The van der Waals surface area contributed by atoms with Gasteiger partial charge in [0.2, 0.25) is 0 Å². The molecule has 0 radical (unpaired) electrons. The molecule has 0 atom stereocenters. The van der Waals surface area contributed by atoms with E-state index < -0.39 is 0 Å². The second kappa shape index (κ2) is 6.71. The second-order valence-corrected chi connectivity index (χ2v) is 6.78. The van der Waals surface area contributed by atoms with Gasteiger partial charge in [0.05, 0.1) is 16.4 Å². The second-order valence-electron chi connectivity index (χ2n) is 5.38. The highest BCUT2D eigenvalue weighted by atomic mass is 35.5. The Kier molecular flexibility index (Phi) is 4.64. The summed E-state index contributed by atoms with van der Waals surface area (Å²) in [6.07, 6.45) is 0. The van der Waals surface area contributed by atoms with E-state index in [4.69, 9.17) is 11.6 Å². The van der Waals surface area contributed by atoms with Crippen molar-refractivity contribution in [2.45, 2.75) is 13.8 Å². The van der Waals surface area contributed by atoms with Crippen LogP contribution in [0, 0.1) is 19.7 Å². The topological polar surface area (TPSA) is 42.0 Å². The number of thiazole rings is 1. The minimum Gasteiger partial charge on any atom is -0.320 e. The molecular weight excluding hydrogens is 347 g/mol. The highest BCUT2D eigenvalue weighted by Gasteiger charge is 2.17. The highest BCUT2D eigenvalue weighted by molar-refractivity contribution is 7.17. The molecule has 0 saturated heterocycles. The van der Waals surface area contributed by atoms with Gasteiger partial charge in [-0.2, -0.15) is 0 Å². The van der Waals surface area contributed by atoms with E-state index in [-0.39, 0.29) is 11.7 Å². The molecular formula is C18H14ClFN2OS. The maximum absolute atomic E-state index is 13.0. The van der Waals surface area contributed by atoms with Crippen LogP contribution in [0.5, 0.6) is 0 Å². The SMILES string of the molecule is Cc1ccc(NC(=O)c2sc(-c3ccc(F)cc3)nc2C)c(Cl)c1. The van der Waals surface area contributed by atoms with Crippen molar-refractivity contribution in [3.8, 4) is 10.6 Å². The summed E-state index contributed by atoms with van der Waals surface area (Å²) in [5, 5.41) is 3.97. The average Bonchev–Trinajstić information content (AvgIpc) is 2.93. The van der Waals surface area contributed by atoms with Gasteiger partial charge in [0, 0.05) is 5.56 Å². The average molecular weight is 361 g/mol. The molecule has 1 amide bonds. The molecule has 3 aromatic rings. The molecule has 6 heteroatoms. The molecule has 3 rings (SSSR count). The first-order valence-electron chi connectivity index (χ1n) is 7.25. The quantitative estimate of drug-likeness (QED) is 0.672. The number of carbonyl (C=O) groups excluding carboxylic acids is 1. The van der Waals surface area contributed by atoms with E-state index in [1.54, 1.807) is 31.2 Å². The lowest BCUT2D eigenvalue weighted by Crippen LogP contribution is -2.11. The Morgan fingerprint density at radius 2 is 1.88 bits per heavy atom. The highest BCUT2D eigenvalue weighted by Crippen LogP contribution is 2.30. The van der Waals surface area contributed by atoms with Gasteiger partial charge in [0.25, 0.3) is 5.91 Å². The fraction of sp³-hybridized carbons (Fsp3) is 0.111. The number of anilines is 1. The van der Waals surface area contributed by atoms with Crippen LogP contribution in [0.4, 0.5) is 10.1 Å². The Balaban J connectivity index is 1.86. The maximum Gasteiger partial charge on any atom is 0.267 e. The predicted molar refractivity (Wildman–Crippen MR) is 96.4 cm³/mol. The monoisotopic (exact) mass is 360 g/mol. The number of benzene rings is 2. The summed E-state index contributed by atoms with van der Waals surface area (Å²) in [4.78, 5) is 17.4. The van der Waals surface area contributed by atoms with Crippen LogP contribution in [0.2, 0.25) is 5.02 Å². The van der Waals surface area contributed by atoms with Crippen LogP contribution in [-0.2, 0) is 0 Å². The molecule has 3 nitrogen and oxygen atoms in total. The van der Waals surface area contributed by atoms with Gasteiger partial charge >= 0.3 is 0 Å². The van der Waals surface area contributed by atoms with Crippen molar-refractivity contribution >= 4 is 34.5 Å². The van der Waals surface area contributed by atoms with E-state index in [2.05, 4.69) is 10.3 Å². The standard InChI is InChI=1S/C18H14ClFN2OS/c1-10-3-8-15(14(19)9-10)22-17(23)16-11(2)21-18(24-16)12-4-6-13(20)7-5-12/h3-9H,1-2H3,(H,22,23). The third-order valence-electron chi connectivity index (χ3n) is 3.47. The number of aryl methyl sites for hydroxylation is 2. The largest absolute Gasteiger partial charge is 0.320 e. The van der Waals surface area contributed by atoms with Crippen LogP contribution in [-0.4, -0.2) is 10.9 Å². The summed E-state index contributed by atoms with van der Waals surface area (Å²) in [6.45, 7) is 3.70. The minimum atomic E-state index is -0.306. The molecule has 0 spiro atoms. The van der Waals surface area contributed by atoms with Gasteiger partial charge in [-0.1, -0.05) is 17.7 Å². The number of aromatic nitrogens is 1. The summed E-state index contributed by atoms with van der Waals surface area (Å²) in [6, 6.07) is 11.5. The van der Waals surface area contributed by atoms with Gasteiger partial charge in [-0.05, 0) is 55.8 Å². The number of rotatable bonds is 3. The number of carbonyl (C=O) groups is 1. The Hall–Kier alpha value is -2.24. The van der Waals surface area contributed by atoms with Crippen LogP contribution in [0.15, 0.2) is 42.5 Å². The molecule has 1 heterocycles. The lowest BCUT2D eigenvalue weighted by Gasteiger charge is -2.07. The van der Waals surface area contributed by atoms with Crippen molar-refractivity contribution in [1.29, 1.82) is 0 Å². The molecule has 0 bridgehead atoms. The fourth-order valence-electron chi connectivity index (χ4n) is 2.22. The van der Waals surface area contributed by atoms with Gasteiger partial charge in [0.1, 0.15) is 15.7 Å². The van der Waals surface area contributed by atoms with E-state index in [1.807, 2.05) is 13.0 Å². The first-order chi connectivity index (χ1) is 11.4. The molecule has 0 saturated carbocycles. The van der Waals surface area contributed by atoms with E-state index in [0.717, 1.165) is 11.1 Å². The number of halogens is 2. The summed E-state index contributed by atoms with van der Waals surface area (Å²) in [5.74, 6) is -0.567. The first-order valence-corrected chi connectivity index (χ1v) is 8.44. The van der Waals surface area contributed by atoms with Gasteiger partial charge in [0.15, 0.2) is 0 Å². The normalized spacial score (nSPS) is 10.7. The molecule has 24 heavy (non-hydrogen) atoms. The van der Waals surface area contributed by atoms with E-state index >= 15 is 0 Å². The lowest BCUT2D eigenvalue weighted by molar-refractivity contribution is 0.103. The van der Waals surface area contributed by atoms with Crippen LogP contribution >= 0.6 is 22.9 Å². The molecule has 0 aliphatic carbocycles.